The summed E-state index contributed by atoms with van der Waals surface area (Å²) in [6.07, 6.45) is 6.66. The first-order valence-electron chi connectivity index (χ1n) is 12.4. The number of pyridine rings is 1. The number of anilines is 1. The lowest BCUT2D eigenvalue weighted by Gasteiger charge is -2.49. The number of nitrogens with two attached hydrogens (primary N) is 1. The van der Waals surface area contributed by atoms with Crippen LogP contribution >= 0.6 is 23.3 Å². The molecule has 210 valence electrons. The molecular formula is C24H26N7O7S2+. The van der Waals surface area contributed by atoms with Crippen molar-refractivity contribution in [2.75, 3.05) is 11.5 Å². The molecule has 14 nitrogen and oxygen atoms in total. The van der Waals surface area contributed by atoms with E-state index >= 15 is 0 Å². The second-order valence-electron chi connectivity index (χ2n) is 9.48. The number of aliphatic carboxylic acids is 2. The molecule has 1 unspecified atom stereocenters. The van der Waals surface area contributed by atoms with Crippen molar-refractivity contribution < 1.29 is 38.8 Å². The number of amides is 2. The number of nitrogen functional groups attached to an aromatic ring is 1. The number of thioether (sulfide) groups is 1. The van der Waals surface area contributed by atoms with Crippen LogP contribution in [0, 0.1) is 0 Å². The monoisotopic (exact) mass is 588 g/mol. The van der Waals surface area contributed by atoms with Gasteiger partial charge < -0.3 is 26.1 Å². The first kappa shape index (κ1) is 27.5. The Morgan fingerprint density at radius 1 is 1.27 bits per heavy atom. The molecule has 2 fully saturated rings. The second-order valence-corrected chi connectivity index (χ2v) is 11.4. The summed E-state index contributed by atoms with van der Waals surface area (Å²) in [5, 5.41) is 25.2. The zero-order valence-corrected chi connectivity index (χ0v) is 22.7. The third-order valence-electron chi connectivity index (χ3n) is 6.65. The van der Waals surface area contributed by atoms with E-state index in [-0.39, 0.29) is 47.2 Å². The van der Waals surface area contributed by atoms with Crippen molar-refractivity contribution in [1.82, 2.24) is 19.6 Å². The van der Waals surface area contributed by atoms with Crippen LogP contribution in [-0.2, 0) is 37.0 Å². The number of nitrogens with one attached hydrogen (secondary N) is 1. The number of rotatable bonds is 10. The van der Waals surface area contributed by atoms with Crippen LogP contribution in [0.3, 0.4) is 0 Å². The summed E-state index contributed by atoms with van der Waals surface area (Å²) in [6.45, 7) is 0.155. The molecule has 0 bridgehead atoms. The van der Waals surface area contributed by atoms with E-state index in [1.165, 1.54) is 16.7 Å². The van der Waals surface area contributed by atoms with Crippen LogP contribution in [0.5, 0.6) is 0 Å². The molecule has 2 aliphatic heterocycles. The molecule has 5 rings (SSSR count). The van der Waals surface area contributed by atoms with Gasteiger partial charge in [0.05, 0.1) is 6.42 Å². The summed E-state index contributed by atoms with van der Waals surface area (Å²) in [5.74, 6) is -3.29. The number of fused-ring (bicyclic) bond motifs is 1. The van der Waals surface area contributed by atoms with Crippen LogP contribution in [0.2, 0.25) is 0 Å². The maximum absolute atomic E-state index is 13.2. The Kier molecular flexibility index (Phi) is 7.97. The summed E-state index contributed by atoms with van der Waals surface area (Å²) in [6, 6.07) is 2.35. The fourth-order valence-corrected chi connectivity index (χ4v) is 6.59. The van der Waals surface area contributed by atoms with Crippen LogP contribution in [-0.4, -0.2) is 77.2 Å². The molecule has 0 radical (unpaired) electrons. The molecule has 4 heterocycles. The first-order chi connectivity index (χ1) is 19.2. The minimum absolute atomic E-state index is 0.0199. The predicted octanol–water partition coefficient (Wildman–Crippen LogP) is 0.137. The van der Waals surface area contributed by atoms with E-state index < -0.39 is 35.2 Å². The third kappa shape index (κ3) is 5.77. The minimum atomic E-state index is -1.27. The lowest BCUT2D eigenvalue weighted by Crippen LogP contribution is -2.71. The van der Waals surface area contributed by atoms with E-state index in [4.69, 9.17) is 15.7 Å². The average molecular weight is 589 g/mol. The lowest BCUT2D eigenvalue weighted by molar-refractivity contribution is -0.689. The molecule has 5 N–H and O–H groups in total. The van der Waals surface area contributed by atoms with Crippen molar-refractivity contribution in [3.63, 3.8) is 0 Å². The van der Waals surface area contributed by atoms with Crippen LogP contribution < -0.4 is 15.6 Å². The van der Waals surface area contributed by atoms with Gasteiger partial charge in [-0.3, -0.25) is 19.3 Å². The highest BCUT2D eigenvalue weighted by atomic mass is 32.2. The van der Waals surface area contributed by atoms with Gasteiger partial charge in [-0.25, -0.2) is 9.36 Å². The standard InChI is InChI=1S/C24H25N7O7S2/c25-24-27-19(29-40-24)16(28-38-14-5-1-2-6-14)20(34)26-17-21(35)31-18(23(36)37)13(11-39-22(17)31)10-30-7-3-4-12(9-30)8-15(32)33/h3-4,7,9,14,17,22H,1-2,5-6,8,10-11H2,(H4-,25,26,27,29,32,33,34,36,37)/p+1/t17?,22-/m0/s1. The molecule has 3 aliphatic rings. The van der Waals surface area contributed by atoms with E-state index in [1.807, 2.05) is 0 Å². The highest BCUT2D eigenvalue weighted by molar-refractivity contribution is 8.00. The predicted molar refractivity (Wildman–Crippen MR) is 142 cm³/mol. The van der Waals surface area contributed by atoms with Gasteiger partial charge in [0.15, 0.2) is 24.1 Å². The Labute approximate surface area is 236 Å². The van der Waals surface area contributed by atoms with E-state index in [2.05, 4.69) is 19.8 Å². The molecule has 2 atom stereocenters. The number of oxime groups is 1. The average Bonchev–Trinajstić information content (AvgIpc) is 3.59. The number of hydrogen-bond donors (Lipinski definition) is 4. The topological polar surface area (TPSA) is 201 Å². The van der Waals surface area contributed by atoms with E-state index in [1.54, 1.807) is 29.1 Å². The number of β-lactam (4-membered cyclic amide) rings is 1. The molecule has 1 aliphatic carbocycles. The van der Waals surface area contributed by atoms with Crippen LogP contribution in [0.15, 0.2) is 41.0 Å². The van der Waals surface area contributed by atoms with Gasteiger partial charge >= 0.3 is 11.9 Å². The summed E-state index contributed by atoms with van der Waals surface area (Å²) in [4.78, 5) is 60.4. The summed E-state index contributed by atoms with van der Waals surface area (Å²) >= 11 is 2.21. The third-order valence-corrected chi connectivity index (χ3v) is 8.53. The maximum atomic E-state index is 13.2. The molecule has 1 saturated heterocycles. The molecular weight excluding hydrogens is 562 g/mol. The second kappa shape index (κ2) is 11.6. The Balaban J connectivity index is 1.32. The van der Waals surface area contributed by atoms with Gasteiger partial charge in [-0.2, -0.15) is 9.36 Å². The Morgan fingerprint density at radius 2 is 2.05 bits per heavy atom. The van der Waals surface area contributed by atoms with Gasteiger partial charge in [-0.15, -0.1) is 11.8 Å². The van der Waals surface area contributed by atoms with Gasteiger partial charge in [0.1, 0.15) is 23.2 Å². The molecule has 40 heavy (non-hydrogen) atoms. The Hall–Kier alpha value is -4.05. The van der Waals surface area contributed by atoms with Crippen LogP contribution in [0.25, 0.3) is 0 Å². The zero-order chi connectivity index (χ0) is 28.4. The summed E-state index contributed by atoms with van der Waals surface area (Å²) < 4.78 is 5.74. The number of carbonyl (C=O) groups excluding carboxylic acids is 2. The highest BCUT2D eigenvalue weighted by Gasteiger charge is 2.55. The number of hydrogen-bond acceptors (Lipinski definition) is 11. The smallest absolute Gasteiger partial charge is 0.352 e. The number of carboxylic acids is 2. The van der Waals surface area contributed by atoms with Crippen molar-refractivity contribution in [3.05, 3.63) is 47.2 Å². The fourth-order valence-electron chi connectivity index (χ4n) is 4.82. The minimum Gasteiger partial charge on any atom is -0.481 e. The number of carbonyl (C=O) groups is 4. The Morgan fingerprint density at radius 3 is 2.73 bits per heavy atom. The molecule has 1 saturated carbocycles. The number of aromatic nitrogens is 3. The largest absolute Gasteiger partial charge is 0.481 e. The van der Waals surface area contributed by atoms with Crippen molar-refractivity contribution in [2.45, 2.75) is 56.2 Å². The normalized spacial score (nSPS) is 21.1. The van der Waals surface area contributed by atoms with Gasteiger partial charge in [-0.1, -0.05) is 5.16 Å². The molecule has 2 aromatic heterocycles. The SMILES string of the molecule is Nc1nc(C(=NOC2CCCC2)C(=O)NC2C(=O)N3C(C(=O)O)=C(C[n+]4cccc(CC(=O)O)c4)CS[C@@H]23)ns1. The number of carboxylic acid groups (broad SMARTS) is 2. The van der Waals surface area contributed by atoms with Crippen molar-refractivity contribution in [1.29, 1.82) is 0 Å². The molecule has 2 amide bonds. The van der Waals surface area contributed by atoms with Crippen LogP contribution in [0.4, 0.5) is 5.13 Å². The van der Waals surface area contributed by atoms with Crippen molar-refractivity contribution >= 4 is 57.9 Å². The quantitative estimate of drug-likeness (QED) is 0.127. The van der Waals surface area contributed by atoms with Gasteiger partial charge in [-0.05, 0) is 31.7 Å². The van der Waals surface area contributed by atoms with Crippen molar-refractivity contribution in [3.8, 4) is 0 Å². The highest BCUT2D eigenvalue weighted by Crippen LogP contribution is 2.40. The maximum Gasteiger partial charge on any atom is 0.352 e. The molecule has 0 spiro atoms. The van der Waals surface area contributed by atoms with Gasteiger partial charge in [0, 0.05) is 34.5 Å². The molecule has 16 heteroatoms. The number of nitrogens with zero attached hydrogens (tertiary/aromatic N) is 5. The molecule has 0 aromatic carbocycles. The van der Waals surface area contributed by atoms with Gasteiger partial charge in [0.25, 0.3) is 11.8 Å². The lowest BCUT2D eigenvalue weighted by atomic mass is 10.0. The van der Waals surface area contributed by atoms with E-state index in [9.17, 15) is 24.3 Å². The van der Waals surface area contributed by atoms with Crippen molar-refractivity contribution in [2.24, 2.45) is 5.16 Å². The summed E-state index contributed by atoms with van der Waals surface area (Å²) in [5.41, 5.74) is 6.37. The summed E-state index contributed by atoms with van der Waals surface area (Å²) in [7, 11) is 0. The molecule has 2 aromatic rings. The first-order valence-corrected chi connectivity index (χ1v) is 14.3. The van der Waals surface area contributed by atoms with E-state index in [0.29, 0.717) is 11.1 Å². The fraction of sp³-hybridized carbons (Fsp3) is 0.417. The van der Waals surface area contributed by atoms with E-state index in [0.717, 1.165) is 37.2 Å². The van der Waals surface area contributed by atoms with Gasteiger partial charge in [0.2, 0.25) is 11.5 Å². The zero-order valence-electron chi connectivity index (χ0n) is 21.1. The van der Waals surface area contributed by atoms with Crippen LogP contribution in [0.1, 0.15) is 37.1 Å². The Bertz CT molecular complexity index is 1420.